The molecular weight excluding hydrogens is 340 g/mol. The molecular formula is C18H22N2O4S. The molecule has 1 aromatic carbocycles. The Balaban J connectivity index is 1.89. The van der Waals surface area contributed by atoms with Gasteiger partial charge in [0.25, 0.3) is 5.91 Å². The van der Waals surface area contributed by atoms with Crippen molar-refractivity contribution in [1.82, 2.24) is 4.98 Å². The molecule has 134 valence electrons. The highest BCUT2D eigenvalue weighted by molar-refractivity contribution is 7.14. The first kappa shape index (κ1) is 18.9. The second kappa shape index (κ2) is 8.62. The highest BCUT2D eigenvalue weighted by Gasteiger charge is 2.13. The maximum Gasteiger partial charge on any atom is 0.357 e. The molecule has 0 aliphatic rings. The number of amides is 1. The zero-order valence-corrected chi connectivity index (χ0v) is 15.6. The van der Waals surface area contributed by atoms with Gasteiger partial charge in [0.1, 0.15) is 5.75 Å². The fourth-order valence-corrected chi connectivity index (χ4v) is 3.02. The van der Waals surface area contributed by atoms with Gasteiger partial charge in [-0.05, 0) is 43.0 Å². The number of aryl methyl sites for hydroxylation is 1. The molecule has 1 amide bonds. The lowest BCUT2D eigenvalue weighted by atomic mass is 9.98. The van der Waals surface area contributed by atoms with E-state index in [1.165, 1.54) is 5.56 Å². The third kappa shape index (κ3) is 5.29. The van der Waals surface area contributed by atoms with E-state index in [-0.39, 0.29) is 24.8 Å². The van der Waals surface area contributed by atoms with E-state index in [2.05, 4.69) is 24.1 Å². The molecule has 0 aliphatic carbocycles. The molecule has 0 radical (unpaired) electrons. The lowest BCUT2D eigenvalue weighted by Gasteiger charge is -2.12. The van der Waals surface area contributed by atoms with Gasteiger partial charge in [-0.25, -0.2) is 9.78 Å². The van der Waals surface area contributed by atoms with Gasteiger partial charge in [0.2, 0.25) is 0 Å². The average Bonchev–Trinajstić information content (AvgIpc) is 3.01. The molecule has 0 atom stereocenters. The van der Waals surface area contributed by atoms with Crippen molar-refractivity contribution in [3.63, 3.8) is 0 Å². The fourth-order valence-electron chi connectivity index (χ4n) is 2.32. The number of esters is 1. The van der Waals surface area contributed by atoms with E-state index in [4.69, 9.17) is 9.47 Å². The van der Waals surface area contributed by atoms with Crippen molar-refractivity contribution in [2.45, 2.75) is 33.6 Å². The number of hydrogen-bond acceptors (Lipinski definition) is 6. The van der Waals surface area contributed by atoms with Crippen LogP contribution in [0, 0.1) is 6.92 Å². The number of aromatic nitrogens is 1. The summed E-state index contributed by atoms with van der Waals surface area (Å²) < 4.78 is 10.4. The van der Waals surface area contributed by atoms with Gasteiger partial charge in [-0.2, -0.15) is 0 Å². The maximum atomic E-state index is 12.0. The Morgan fingerprint density at radius 1 is 1.32 bits per heavy atom. The van der Waals surface area contributed by atoms with Crippen molar-refractivity contribution in [3.05, 3.63) is 40.4 Å². The zero-order chi connectivity index (χ0) is 18.4. The first-order chi connectivity index (χ1) is 11.9. The molecule has 1 N–H and O–H groups in total. The largest absolute Gasteiger partial charge is 0.484 e. The molecule has 1 aromatic heterocycles. The number of hydrogen-bond donors (Lipinski definition) is 1. The molecule has 0 spiro atoms. The molecule has 6 nitrogen and oxygen atoms in total. The molecule has 0 saturated carbocycles. The van der Waals surface area contributed by atoms with Crippen molar-refractivity contribution < 1.29 is 19.1 Å². The summed E-state index contributed by atoms with van der Waals surface area (Å²) in [6.07, 6.45) is 0. The Hall–Kier alpha value is -2.41. The standard InChI is InChI=1S/C18H22N2O4S/c1-5-23-17(22)15-10-25-18(19-15)20-16(21)9-24-13-6-7-14(11(2)3)12(4)8-13/h6-8,10-11H,5,9H2,1-4H3,(H,19,20,21). The maximum absolute atomic E-state index is 12.0. The quantitative estimate of drug-likeness (QED) is 0.759. The minimum Gasteiger partial charge on any atom is -0.484 e. The highest BCUT2D eigenvalue weighted by atomic mass is 32.1. The van der Waals surface area contributed by atoms with E-state index in [0.29, 0.717) is 16.8 Å². The molecule has 25 heavy (non-hydrogen) atoms. The number of anilines is 1. The Morgan fingerprint density at radius 3 is 2.72 bits per heavy atom. The van der Waals surface area contributed by atoms with Crippen LogP contribution in [0.4, 0.5) is 5.13 Å². The minimum absolute atomic E-state index is 0.130. The predicted octanol–water partition coefficient (Wildman–Crippen LogP) is 3.77. The first-order valence-electron chi connectivity index (χ1n) is 8.06. The lowest BCUT2D eigenvalue weighted by Crippen LogP contribution is -2.20. The van der Waals surface area contributed by atoms with Gasteiger partial charge in [-0.3, -0.25) is 10.1 Å². The lowest BCUT2D eigenvalue weighted by molar-refractivity contribution is -0.118. The number of nitrogens with zero attached hydrogens (tertiary/aromatic N) is 1. The van der Waals surface area contributed by atoms with E-state index in [1.54, 1.807) is 12.3 Å². The number of carbonyl (C=O) groups excluding carboxylic acids is 2. The molecule has 0 bridgehead atoms. The summed E-state index contributed by atoms with van der Waals surface area (Å²) in [6, 6.07) is 5.79. The molecule has 0 aliphatic heterocycles. The van der Waals surface area contributed by atoms with Crippen molar-refractivity contribution in [2.24, 2.45) is 0 Å². The van der Waals surface area contributed by atoms with Crippen LogP contribution in [0.15, 0.2) is 23.6 Å². The summed E-state index contributed by atoms with van der Waals surface area (Å²) >= 11 is 1.16. The molecule has 1 heterocycles. The van der Waals surface area contributed by atoms with E-state index >= 15 is 0 Å². The summed E-state index contributed by atoms with van der Waals surface area (Å²) in [5, 5.41) is 4.49. The fraction of sp³-hybridized carbons (Fsp3) is 0.389. The second-order valence-corrected chi connectivity index (χ2v) is 6.63. The Morgan fingerprint density at radius 2 is 2.08 bits per heavy atom. The summed E-state index contributed by atoms with van der Waals surface area (Å²) in [5.41, 5.74) is 2.57. The zero-order valence-electron chi connectivity index (χ0n) is 14.8. The third-order valence-corrected chi connectivity index (χ3v) is 4.23. The molecule has 2 rings (SSSR count). The van der Waals surface area contributed by atoms with Gasteiger partial charge in [0.15, 0.2) is 17.4 Å². The van der Waals surface area contributed by atoms with Crippen LogP contribution in [0.2, 0.25) is 0 Å². The van der Waals surface area contributed by atoms with Crippen LogP contribution in [0.25, 0.3) is 0 Å². The average molecular weight is 362 g/mol. The number of rotatable bonds is 7. The van der Waals surface area contributed by atoms with E-state index in [9.17, 15) is 9.59 Å². The molecule has 0 saturated heterocycles. The number of thiazole rings is 1. The summed E-state index contributed by atoms with van der Waals surface area (Å²) in [6.45, 7) is 8.16. The van der Waals surface area contributed by atoms with Crippen molar-refractivity contribution in [3.8, 4) is 5.75 Å². The number of nitrogens with one attached hydrogen (secondary N) is 1. The third-order valence-electron chi connectivity index (χ3n) is 3.47. The number of benzene rings is 1. The van der Waals surface area contributed by atoms with Crippen LogP contribution >= 0.6 is 11.3 Å². The summed E-state index contributed by atoms with van der Waals surface area (Å²) in [5.74, 6) is 0.241. The Labute approximate surface area is 151 Å². The molecule has 0 fully saturated rings. The number of ether oxygens (including phenoxy) is 2. The normalized spacial score (nSPS) is 10.6. The van der Waals surface area contributed by atoms with Crippen LogP contribution in [-0.2, 0) is 9.53 Å². The SMILES string of the molecule is CCOC(=O)c1csc(NC(=O)COc2ccc(C(C)C)c(C)c2)n1. The van der Waals surface area contributed by atoms with Crippen molar-refractivity contribution in [2.75, 3.05) is 18.5 Å². The van der Waals surface area contributed by atoms with Gasteiger partial charge in [0.05, 0.1) is 6.61 Å². The van der Waals surface area contributed by atoms with E-state index in [1.807, 2.05) is 25.1 Å². The van der Waals surface area contributed by atoms with Crippen LogP contribution in [-0.4, -0.2) is 30.1 Å². The highest BCUT2D eigenvalue weighted by Crippen LogP contribution is 2.23. The van der Waals surface area contributed by atoms with Crippen LogP contribution in [0.1, 0.15) is 48.3 Å². The van der Waals surface area contributed by atoms with Gasteiger partial charge < -0.3 is 9.47 Å². The monoisotopic (exact) mass is 362 g/mol. The minimum atomic E-state index is -0.504. The Bertz CT molecular complexity index is 755. The van der Waals surface area contributed by atoms with Gasteiger partial charge in [-0.15, -0.1) is 11.3 Å². The second-order valence-electron chi connectivity index (χ2n) is 5.77. The van der Waals surface area contributed by atoms with Crippen LogP contribution in [0.5, 0.6) is 5.75 Å². The van der Waals surface area contributed by atoms with Gasteiger partial charge in [0, 0.05) is 5.38 Å². The number of carbonyl (C=O) groups is 2. The van der Waals surface area contributed by atoms with Crippen molar-refractivity contribution >= 4 is 28.3 Å². The topological polar surface area (TPSA) is 77.5 Å². The van der Waals surface area contributed by atoms with E-state index in [0.717, 1.165) is 16.9 Å². The molecule has 7 heteroatoms. The molecule has 0 unspecified atom stereocenters. The van der Waals surface area contributed by atoms with Gasteiger partial charge >= 0.3 is 5.97 Å². The van der Waals surface area contributed by atoms with Crippen molar-refractivity contribution in [1.29, 1.82) is 0 Å². The predicted molar refractivity (Wildman–Crippen MR) is 97.5 cm³/mol. The molecule has 2 aromatic rings. The van der Waals surface area contributed by atoms with Gasteiger partial charge in [-0.1, -0.05) is 19.9 Å². The Kier molecular flexibility index (Phi) is 6.52. The smallest absolute Gasteiger partial charge is 0.357 e. The van der Waals surface area contributed by atoms with E-state index < -0.39 is 5.97 Å². The summed E-state index contributed by atoms with van der Waals surface area (Å²) in [4.78, 5) is 27.5. The van der Waals surface area contributed by atoms with Crippen LogP contribution in [0.3, 0.4) is 0 Å². The summed E-state index contributed by atoms with van der Waals surface area (Å²) in [7, 11) is 0. The first-order valence-corrected chi connectivity index (χ1v) is 8.94. The van der Waals surface area contributed by atoms with Crippen LogP contribution < -0.4 is 10.1 Å².